The Bertz CT molecular complexity index is 547. The van der Waals surface area contributed by atoms with Crippen molar-refractivity contribution in [2.75, 3.05) is 6.61 Å². The van der Waals surface area contributed by atoms with Gasteiger partial charge in [0, 0.05) is 22.1 Å². The van der Waals surface area contributed by atoms with Crippen LogP contribution in [0.15, 0.2) is 24.3 Å². The van der Waals surface area contributed by atoms with Crippen LogP contribution in [0.2, 0.25) is 0 Å². The van der Waals surface area contributed by atoms with E-state index in [1.54, 1.807) is 0 Å². The van der Waals surface area contributed by atoms with Gasteiger partial charge in [-0.05, 0) is 12.5 Å². The number of hydrogen-bond acceptors (Lipinski definition) is 3. The summed E-state index contributed by atoms with van der Waals surface area (Å²) in [5, 5.41) is 11.0. The highest BCUT2D eigenvalue weighted by Crippen LogP contribution is 2.34. The summed E-state index contributed by atoms with van der Waals surface area (Å²) in [7, 11) is 0. The molecule has 1 fully saturated rings. The first-order valence-electron chi connectivity index (χ1n) is 5.49. The summed E-state index contributed by atoms with van der Waals surface area (Å²) in [5.74, 6) is -3.71. The molecule has 7 heteroatoms. The number of ether oxygens (including phenoxy) is 1. The quantitative estimate of drug-likeness (QED) is 0.360. The van der Waals surface area contributed by atoms with Crippen LogP contribution < -0.4 is 0 Å². The lowest BCUT2D eigenvalue weighted by Gasteiger charge is -2.28. The van der Waals surface area contributed by atoms with Gasteiger partial charge in [-0.3, -0.25) is 10.1 Å². The van der Waals surface area contributed by atoms with Crippen LogP contribution in [0.1, 0.15) is 18.1 Å². The highest BCUT2D eigenvalue weighted by Gasteiger charge is 2.41. The van der Waals surface area contributed by atoms with Crippen LogP contribution in [0.25, 0.3) is 0 Å². The zero-order valence-electron chi connectivity index (χ0n) is 9.74. The standard InChI is InChI=1S/C12H10F3NO3/c1-6-2-3-19-12(11(6)16(17)18)7-4-9(14)10(15)5-8(7)13/h4-5,11-12H,1-3H2. The van der Waals surface area contributed by atoms with Crippen molar-refractivity contribution in [3.05, 3.63) is 57.4 Å². The lowest BCUT2D eigenvalue weighted by Crippen LogP contribution is -2.36. The molecule has 2 rings (SSSR count). The van der Waals surface area contributed by atoms with E-state index in [1.165, 1.54) is 0 Å². The normalized spacial score (nSPS) is 23.4. The van der Waals surface area contributed by atoms with Crippen molar-refractivity contribution in [3.63, 3.8) is 0 Å². The minimum absolute atomic E-state index is 0.117. The van der Waals surface area contributed by atoms with Crippen molar-refractivity contribution in [1.82, 2.24) is 0 Å². The first-order chi connectivity index (χ1) is 8.91. The highest BCUT2D eigenvalue weighted by molar-refractivity contribution is 5.26. The summed E-state index contributed by atoms with van der Waals surface area (Å²) in [6.07, 6.45) is -1.03. The zero-order chi connectivity index (χ0) is 14.2. The van der Waals surface area contributed by atoms with Crippen LogP contribution in [0, 0.1) is 27.6 Å². The van der Waals surface area contributed by atoms with E-state index in [0.717, 1.165) is 0 Å². The Morgan fingerprint density at radius 2 is 1.89 bits per heavy atom. The first-order valence-corrected chi connectivity index (χ1v) is 5.49. The molecule has 1 heterocycles. The predicted molar refractivity (Wildman–Crippen MR) is 59.5 cm³/mol. The van der Waals surface area contributed by atoms with E-state index in [2.05, 4.69) is 6.58 Å². The van der Waals surface area contributed by atoms with E-state index in [4.69, 9.17) is 4.74 Å². The zero-order valence-corrected chi connectivity index (χ0v) is 9.74. The molecule has 1 aromatic rings. The van der Waals surface area contributed by atoms with Gasteiger partial charge in [-0.1, -0.05) is 6.58 Å². The van der Waals surface area contributed by atoms with Crippen LogP contribution in [-0.2, 0) is 4.74 Å². The summed E-state index contributed by atoms with van der Waals surface area (Å²) >= 11 is 0. The number of halogens is 3. The Hall–Kier alpha value is -1.89. The molecule has 1 aliphatic rings. The van der Waals surface area contributed by atoms with Crippen molar-refractivity contribution in [2.45, 2.75) is 18.6 Å². The van der Waals surface area contributed by atoms with Gasteiger partial charge in [-0.2, -0.15) is 0 Å². The minimum atomic E-state index is -1.37. The molecule has 0 saturated carbocycles. The van der Waals surface area contributed by atoms with E-state index in [0.29, 0.717) is 12.1 Å². The molecule has 0 aliphatic carbocycles. The maximum Gasteiger partial charge on any atom is 0.263 e. The Morgan fingerprint density at radius 1 is 1.26 bits per heavy atom. The van der Waals surface area contributed by atoms with Gasteiger partial charge in [-0.25, -0.2) is 13.2 Å². The fourth-order valence-electron chi connectivity index (χ4n) is 2.05. The molecule has 0 amide bonds. The molecule has 1 saturated heterocycles. The minimum Gasteiger partial charge on any atom is -0.365 e. The second-order valence-electron chi connectivity index (χ2n) is 4.22. The third-order valence-corrected chi connectivity index (χ3v) is 3.00. The van der Waals surface area contributed by atoms with Crippen molar-refractivity contribution in [2.24, 2.45) is 0 Å². The molecule has 4 nitrogen and oxygen atoms in total. The fraction of sp³-hybridized carbons (Fsp3) is 0.333. The van der Waals surface area contributed by atoms with Gasteiger partial charge in [0.25, 0.3) is 6.04 Å². The van der Waals surface area contributed by atoms with E-state index in [-0.39, 0.29) is 24.2 Å². The monoisotopic (exact) mass is 273 g/mol. The molecule has 0 bridgehead atoms. The first kappa shape index (κ1) is 13.5. The summed E-state index contributed by atoms with van der Waals surface area (Å²) in [5.41, 5.74) is -0.105. The van der Waals surface area contributed by atoms with Gasteiger partial charge in [0.1, 0.15) is 5.82 Å². The van der Waals surface area contributed by atoms with Gasteiger partial charge in [0.2, 0.25) is 0 Å². The molecule has 0 N–H and O–H groups in total. The summed E-state index contributed by atoms with van der Waals surface area (Å²) in [4.78, 5) is 10.3. The van der Waals surface area contributed by atoms with Crippen molar-refractivity contribution < 1.29 is 22.8 Å². The average Bonchev–Trinajstić information content (AvgIpc) is 2.33. The largest absolute Gasteiger partial charge is 0.365 e. The number of nitro groups is 1. The van der Waals surface area contributed by atoms with Gasteiger partial charge < -0.3 is 4.74 Å². The summed E-state index contributed by atoms with van der Waals surface area (Å²) < 4.78 is 44.8. The molecule has 19 heavy (non-hydrogen) atoms. The lowest BCUT2D eigenvalue weighted by molar-refractivity contribution is -0.529. The van der Waals surface area contributed by atoms with E-state index in [9.17, 15) is 23.3 Å². The Kier molecular flexibility index (Phi) is 3.57. The fourth-order valence-corrected chi connectivity index (χ4v) is 2.05. The summed E-state index contributed by atoms with van der Waals surface area (Å²) in [6.45, 7) is 3.67. The molecule has 0 radical (unpaired) electrons. The molecule has 1 aromatic carbocycles. The third-order valence-electron chi connectivity index (χ3n) is 3.00. The van der Waals surface area contributed by atoms with Gasteiger partial charge in [0.05, 0.1) is 6.61 Å². The molecular formula is C12H10F3NO3. The van der Waals surface area contributed by atoms with E-state index >= 15 is 0 Å². The average molecular weight is 273 g/mol. The second kappa shape index (κ2) is 5.00. The van der Waals surface area contributed by atoms with Crippen LogP contribution >= 0.6 is 0 Å². The van der Waals surface area contributed by atoms with Crippen molar-refractivity contribution in [3.8, 4) is 0 Å². The van der Waals surface area contributed by atoms with Crippen molar-refractivity contribution in [1.29, 1.82) is 0 Å². The topological polar surface area (TPSA) is 52.4 Å². The molecule has 2 unspecified atom stereocenters. The van der Waals surface area contributed by atoms with Crippen LogP contribution in [0.3, 0.4) is 0 Å². The van der Waals surface area contributed by atoms with Gasteiger partial charge in [-0.15, -0.1) is 0 Å². The maximum atomic E-state index is 13.6. The predicted octanol–water partition coefficient (Wildman–Crippen LogP) is 2.77. The van der Waals surface area contributed by atoms with Gasteiger partial charge >= 0.3 is 0 Å². The Labute approximate surface area is 106 Å². The van der Waals surface area contributed by atoms with Crippen LogP contribution in [-0.4, -0.2) is 17.6 Å². The smallest absolute Gasteiger partial charge is 0.263 e. The van der Waals surface area contributed by atoms with Crippen LogP contribution in [0.4, 0.5) is 13.2 Å². The molecule has 0 aromatic heterocycles. The van der Waals surface area contributed by atoms with Crippen LogP contribution in [0.5, 0.6) is 0 Å². The van der Waals surface area contributed by atoms with E-state index < -0.39 is 34.5 Å². The van der Waals surface area contributed by atoms with Gasteiger partial charge in [0.15, 0.2) is 17.7 Å². The number of nitrogens with zero attached hydrogens (tertiary/aromatic N) is 1. The second-order valence-corrected chi connectivity index (χ2v) is 4.22. The maximum absolute atomic E-state index is 13.6. The Morgan fingerprint density at radius 3 is 2.53 bits per heavy atom. The third kappa shape index (κ3) is 2.46. The Balaban J connectivity index is 2.46. The molecule has 0 spiro atoms. The number of hydrogen-bond donors (Lipinski definition) is 0. The molecular weight excluding hydrogens is 263 g/mol. The number of rotatable bonds is 2. The molecule has 2 atom stereocenters. The SMILES string of the molecule is C=C1CCOC(c2cc(F)c(F)cc2F)C1[N+](=O)[O-]. The molecule has 1 aliphatic heterocycles. The number of benzene rings is 1. The highest BCUT2D eigenvalue weighted by atomic mass is 19.2. The van der Waals surface area contributed by atoms with Crippen molar-refractivity contribution >= 4 is 0 Å². The van der Waals surface area contributed by atoms with E-state index in [1.807, 2.05) is 0 Å². The summed E-state index contributed by atoms with van der Waals surface area (Å²) in [6, 6.07) is -0.430. The lowest BCUT2D eigenvalue weighted by atomic mass is 9.92. The molecule has 102 valence electrons.